The molecule has 0 fully saturated rings. The van der Waals surface area contributed by atoms with Crippen molar-refractivity contribution < 1.29 is 4.79 Å². The SMILES string of the molecule is Cc1cccc(NC(=O)C2=CSCC2)c1. The Hall–Kier alpha value is -1.22. The molecule has 0 radical (unpaired) electrons. The Labute approximate surface area is 93.8 Å². The van der Waals surface area contributed by atoms with Crippen LogP contribution in [-0.2, 0) is 4.79 Å². The van der Waals surface area contributed by atoms with Crippen molar-refractivity contribution in [3.63, 3.8) is 0 Å². The first-order valence-corrected chi connectivity index (χ1v) is 5.99. The maximum Gasteiger partial charge on any atom is 0.252 e. The third kappa shape index (κ3) is 2.63. The average Bonchev–Trinajstić information content (AvgIpc) is 2.70. The van der Waals surface area contributed by atoms with Crippen LogP contribution in [-0.4, -0.2) is 11.7 Å². The molecular weight excluding hydrogens is 206 g/mol. The molecule has 1 N–H and O–H groups in total. The van der Waals surface area contributed by atoms with Crippen LogP contribution in [0.15, 0.2) is 35.2 Å². The standard InChI is InChI=1S/C12H13NOS/c1-9-3-2-4-11(7-9)13-12(14)10-5-6-15-8-10/h2-4,7-8H,5-6H2,1H3,(H,13,14). The first-order valence-electron chi connectivity index (χ1n) is 4.94. The number of aryl methyl sites for hydroxylation is 1. The van der Waals surface area contributed by atoms with Gasteiger partial charge >= 0.3 is 0 Å². The van der Waals surface area contributed by atoms with E-state index in [0.29, 0.717) is 0 Å². The van der Waals surface area contributed by atoms with Gasteiger partial charge in [0, 0.05) is 17.0 Å². The summed E-state index contributed by atoms with van der Waals surface area (Å²) >= 11 is 1.70. The van der Waals surface area contributed by atoms with E-state index < -0.39 is 0 Å². The maximum absolute atomic E-state index is 11.7. The predicted molar refractivity (Wildman–Crippen MR) is 65.0 cm³/mol. The molecule has 78 valence electrons. The van der Waals surface area contributed by atoms with Gasteiger partial charge in [-0.1, -0.05) is 12.1 Å². The molecule has 0 unspecified atom stereocenters. The normalized spacial score (nSPS) is 14.9. The number of carbonyl (C=O) groups is 1. The Morgan fingerprint density at radius 1 is 1.47 bits per heavy atom. The van der Waals surface area contributed by atoms with Gasteiger partial charge in [0.15, 0.2) is 0 Å². The smallest absolute Gasteiger partial charge is 0.252 e. The van der Waals surface area contributed by atoms with E-state index in [9.17, 15) is 4.79 Å². The van der Waals surface area contributed by atoms with Crippen molar-refractivity contribution in [1.29, 1.82) is 0 Å². The lowest BCUT2D eigenvalue weighted by Gasteiger charge is -2.05. The Bertz CT molecular complexity index is 412. The summed E-state index contributed by atoms with van der Waals surface area (Å²) in [5.41, 5.74) is 2.92. The molecule has 15 heavy (non-hydrogen) atoms. The van der Waals surface area contributed by atoms with Gasteiger partial charge in [0.2, 0.25) is 0 Å². The number of rotatable bonds is 2. The maximum atomic E-state index is 11.7. The molecule has 1 aliphatic heterocycles. The van der Waals surface area contributed by atoms with E-state index >= 15 is 0 Å². The second-order valence-electron chi connectivity index (χ2n) is 3.59. The van der Waals surface area contributed by atoms with E-state index in [0.717, 1.165) is 29.0 Å². The molecule has 1 aromatic rings. The van der Waals surface area contributed by atoms with Gasteiger partial charge in [-0.15, -0.1) is 11.8 Å². The predicted octanol–water partition coefficient (Wildman–Crippen LogP) is 2.95. The Morgan fingerprint density at radius 3 is 3.00 bits per heavy atom. The molecule has 1 aliphatic rings. The van der Waals surface area contributed by atoms with Gasteiger partial charge in [0.05, 0.1) is 0 Å². The van der Waals surface area contributed by atoms with Gasteiger partial charge < -0.3 is 5.32 Å². The third-order valence-electron chi connectivity index (χ3n) is 2.28. The minimum absolute atomic E-state index is 0.0330. The second kappa shape index (κ2) is 4.53. The van der Waals surface area contributed by atoms with Gasteiger partial charge in [-0.3, -0.25) is 4.79 Å². The summed E-state index contributed by atoms with van der Waals surface area (Å²) < 4.78 is 0. The Kier molecular flexibility index (Phi) is 3.11. The minimum atomic E-state index is 0.0330. The van der Waals surface area contributed by atoms with Crippen molar-refractivity contribution in [2.24, 2.45) is 0 Å². The van der Waals surface area contributed by atoms with Gasteiger partial charge in [0.25, 0.3) is 5.91 Å². The fraction of sp³-hybridized carbons (Fsp3) is 0.250. The highest BCUT2D eigenvalue weighted by atomic mass is 32.2. The highest BCUT2D eigenvalue weighted by molar-refractivity contribution is 8.02. The van der Waals surface area contributed by atoms with E-state index in [2.05, 4.69) is 5.32 Å². The number of nitrogens with one attached hydrogen (secondary N) is 1. The van der Waals surface area contributed by atoms with Crippen LogP contribution in [0.2, 0.25) is 0 Å². The van der Waals surface area contributed by atoms with Crippen molar-refractivity contribution in [2.75, 3.05) is 11.1 Å². The number of hydrogen-bond acceptors (Lipinski definition) is 2. The summed E-state index contributed by atoms with van der Waals surface area (Å²) in [5.74, 6) is 1.06. The van der Waals surface area contributed by atoms with Crippen molar-refractivity contribution in [3.05, 3.63) is 40.8 Å². The first kappa shape index (κ1) is 10.3. The molecule has 3 heteroatoms. The molecule has 0 spiro atoms. The van der Waals surface area contributed by atoms with E-state index in [1.54, 1.807) is 11.8 Å². The zero-order chi connectivity index (χ0) is 10.7. The molecule has 2 rings (SSSR count). The van der Waals surface area contributed by atoms with Crippen LogP contribution < -0.4 is 5.32 Å². The molecule has 1 aromatic carbocycles. The van der Waals surface area contributed by atoms with Crippen LogP contribution >= 0.6 is 11.8 Å². The van der Waals surface area contributed by atoms with Crippen molar-refractivity contribution in [1.82, 2.24) is 0 Å². The van der Waals surface area contributed by atoms with Crippen LogP contribution in [0.1, 0.15) is 12.0 Å². The van der Waals surface area contributed by atoms with Gasteiger partial charge in [-0.05, 0) is 36.4 Å². The van der Waals surface area contributed by atoms with Crippen LogP contribution in [0.4, 0.5) is 5.69 Å². The van der Waals surface area contributed by atoms with Crippen LogP contribution in [0, 0.1) is 6.92 Å². The van der Waals surface area contributed by atoms with E-state index in [4.69, 9.17) is 0 Å². The van der Waals surface area contributed by atoms with Crippen molar-refractivity contribution in [3.8, 4) is 0 Å². The molecule has 0 aromatic heterocycles. The monoisotopic (exact) mass is 219 g/mol. The van der Waals surface area contributed by atoms with E-state index in [-0.39, 0.29) is 5.91 Å². The Morgan fingerprint density at radius 2 is 2.33 bits per heavy atom. The molecule has 1 amide bonds. The largest absolute Gasteiger partial charge is 0.322 e. The fourth-order valence-electron chi connectivity index (χ4n) is 1.49. The molecule has 0 atom stereocenters. The highest BCUT2D eigenvalue weighted by Gasteiger charge is 2.13. The first-order chi connectivity index (χ1) is 7.25. The molecule has 0 saturated heterocycles. The second-order valence-corrected chi connectivity index (χ2v) is 4.56. The summed E-state index contributed by atoms with van der Waals surface area (Å²) in [6, 6.07) is 7.84. The van der Waals surface area contributed by atoms with Crippen molar-refractivity contribution in [2.45, 2.75) is 13.3 Å². The van der Waals surface area contributed by atoms with Crippen LogP contribution in [0.3, 0.4) is 0 Å². The lowest BCUT2D eigenvalue weighted by Crippen LogP contribution is -2.13. The number of amides is 1. The van der Waals surface area contributed by atoms with Gasteiger partial charge in [-0.25, -0.2) is 0 Å². The zero-order valence-electron chi connectivity index (χ0n) is 8.62. The van der Waals surface area contributed by atoms with Crippen LogP contribution in [0.25, 0.3) is 0 Å². The number of benzene rings is 1. The number of thioether (sulfide) groups is 1. The number of carbonyl (C=O) groups excluding carboxylic acids is 1. The molecule has 0 saturated carbocycles. The fourth-order valence-corrected chi connectivity index (χ4v) is 2.37. The summed E-state index contributed by atoms with van der Waals surface area (Å²) in [4.78, 5) is 11.7. The van der Waals surface area contributed by atoms with Gasteiger partial charge in [-0.2, -0.15) is 0 Å². The molecular formula is C12H13NOS. The summed E-state index contributed by atoms with van der Waals surface area (Å²) in [6.07, 6.45) is 0.877. The molecule has 2 nitrogen and oxygen atoms in total. The quantitative estimate of drug-likeness (QED) is 0.828. The minimum Gasteiger partial charge on any atom is -0.322 e. The summed E-state index contributed by atoms with van der Waals surface area (Å²) in [5, 5.41) is 4.85. The summed E-state index contributed by atoms with van der Waals surface area (Å²) in [6.45, 7) is 2.01. The Balaban J connectivity index is 2.05. The lowest BCUT2D eigenvalue weighted by molar-refractivity contribution is -0.112. The highest BCUT2D eigenvalue weighted by Crippen LogP contribution is 2.23. The third-order valence-corrected chi connectivity index (χ3v) is 3.17. The molecule has 1 heterocycles. The van der Waals surface area contributed by atoms with E-state index in [1.165, 1.54) is 0 Å². The number of anilines is 1. The average molecular weight is 219 g/mol. The van der Waals surface area contributed by atoms with E-state index in [1.807, 2.05) is 36.6 Å². The lowest BCUT2D eigenvalue weighted by atomic mass is 10.2. The molecule has 0 aliphatic carbocycles. The zero-order valence-corrected chi connectivity index (χ0v) is 9.43. The van der Waals surface area contributed by atoms with Gasteiger partial charge in [0.1, 0.15) is 0 Å². The van der Waals surface area contributed by atoms with Crippen molar-refractivity contribution >= 4 is 23.4 Å². The number of hydrogen-bond donors (Lipinski definition) is 1. The topological polar surface area (TPSA) is 29.1 Å². The molecule has 0 bridgehead atoms. The summed E-state index contributed by atoms with van der Waals surface area (Å²) in [7, 11) is 0. The van der Waals surface area contributed by atoms with Crippen LogP contribution in [0.5, 0.6) is 0 Å².